The van der Waals surface area contributed by atoms with Crippen molar-refractivity contribution in [3.8, 4) is 11.4 Å². The van der Waals surface area contributed by atoms with E-state index in [2.05, 4.69) is 10.1 Å². The highest BCUT2D eigenvalue weighted by Gasteiger charge is 2.48. The molecule has 0 unspecified atom stereocenters. The molecule has 0 radical (unpaired) electrons. The molecular formula is C21H18FN3O2. The third-order valence-corrected chi connectivity index (χ3v) is 5.83. The Bertz CT molecular complexity index is 993. The van der Waals surface area contributed by atoms with Gasteiger partial charge in [-0.05, 0) is 37.1 Å². The summed E-state index contributed by atoms with van der Waals surface area (Å²) in [7, 11) is 0. The van der Waals surface area contributed by atoms with Crippen LogP contribution in [-0.2, 0) is 5.41 Å². The molecule has 0 saturated heterocycles. The SMILES string of the molecule is O=C(c1ccc(-c2ncon2)cc1)N1CC2(CCCC2)c2c(F)cccc21. The number of rotatable bonds is 2. The predicted octanol–water partition coefficient (Wildman–Crippen LogP) is 4.35. The molecule has 136 valence electrons. The molecule has 6 heteroatoms. The molecular weight excluding hydrogens is 345 g/mol. The van der Waals surface area contributed by atoms with Crippen LogP contribution in [0.1, 0.15) is 41.6 Å². The number of carbonyl (C=O) groups is 1. The molecule has 1 aliphatic heterocycles. The molecule has 2 aromatic carbocycles. The number of aromatic nitrogens is 2. The predicted molar refractivity (Wildman–Crippen MR) is 98.0 cm³/mol. The van der Waals surface area contributed by atoms with E-state index in [9.17, 15) is 9.18 Å². The lowest BCUT2D eigenvalue weighted by Gasteiger charge is -2.25. The number of fused-ring (bicyclic) bond motifs is 2. The van der Waals surface area contributed by atoms with E-state index in [0.717, 1.165) is 36.8 Å². The molecule has 5 rings (SSSR count). The number of carbonyl (C=O) groups excluding carboxylic acids is 1. The van der Waals surface area contributed by atoms with Crippen molar-refractivity contribution in [3.63, 3.8) is 0 Å². The van der Waals surface area contributed by atoms with Gasteiger partial charge in [0, 0.05) is 28.7 Å². The average molecular weight is 363 g/mol. The zero-order chi connectivity index (χ0) is 18.4. The van der Waals surface area contributed by atoms with Crippen molar-refractivity contribution in [2.75, 3.05) is 11.4 Å². The highest BCUT2D eigenvalue weighted by Crippen LogP contribution is 2.51. The van der Waals surface area contributed by atoms with Crippen LogP contribution in [0.15, 0.2) is 53.4 Å². The van der Waals surface area contributed by atoms with Crippen molar-refractivity contribution >= 4 is 11.6 Å². The third kappa shape index (κ3) is 2.47. The molecule has 3 aromatic rings. The standard InChI is InChI=1S/C21H18FN3O2/c22-16-4-3-5-17-18(16)21(10-1-2-11-21)12-25(17)20(26)15-8-6-14(7-9-15)19-23-13-27-24-19/h3-9,13H,1-2,10-12H2. The summed E-state index contributed by atoms with van der Waals surface area (Å²) < 4.78 is 19.4. The maximum atomic E-state index is 14.7. The molecule has 0 atom stereocenters. The first kappa shape index (κ1) is 16.2. The maximum absolute atomic E-state index is 14.7. The Labute approximate surface area is 155 Å². The molecule has 1 amide bonds. The minimum Gasteiger partial charge on any atom is -0.342 e. The van der Waals surface area contributed by atoms with Gasteiger partial charge in [-0.1, -0.05) is 36.2 Å². The fraction of sp³-hybridized carbons (Fsp3) is 0.286. The van der Waals surface area contributed by atoms with Crippen LogP contribution in [0, 0.1) is 5.82 Å². The highest BCUT2D eigenvalue weighted by atomic mass is 19.1. The van der Waals surface area contributed by atoms with Crippen LogP contribution in [0.5, 0.6) is 0 Å². The number of hydrogen-bond acceptors (Lipinski definition) is 4. The second-order valence-electron chi connectivity index (χ2n) is 7.34. The van der Waals surface area contributed by atoms with Crippen molar-refractivity contribution in [2.45, 2.75) is 31.1 Å². The van der Waals surface area contributed by atoms with Crippen LogP contribution in [0.3, 0.4) is 0 Å². The minimum absolute atomic E-state index is 0.106. The van der Waals surface area contributed by atoms with E-state index in [1.807, 2.05) is 6.07 Å². The monoisotopic (exact) mass is 363 g/mol. The van der Waals surface area contributed by atoms with Gasteiger partial charge in [0.05, 0.1) is 5.69 Å². The summed E-state index contributed by atoms with van der Waals surface area (Å²) >= 11 is 0. The fourth-order valence-electron chi connectivity index (χ4n) is 4.59. The number of benzene rings is 2. The first-order valence-corrected chi connectivity index (χ1v) is 9.16. The maximum Gasteiger partial charge on any atom is 0.258 e. The van der Waals surface area contributed by atoms with E-state index >= 15 is 0 Å². The Morgan fingerprint density at radius 3 is 2.59 bits per heavy atom. The topological polar surface area (TPSA) is 59.2 Å². The Hall–Kier alpha value is -3.02. The molecule has 1 fully saturated rings. The molecule has 1 aliphatic carbocycles. The molecule has 1 saturated carbocycles. The molecule has 2 heterocycles. The summed E-state index contributed by atoms with van der Waals surface area (Å²) in [6, 6.07) is 12.2. The van der Waals surface area contributed by atoms with E-state index in [1.54, 1.807) is 35.2 Å². The largest absolute Gasteiger partial charge is 0.342 e. The number of amides is 1. The van der Waals surface area contributed by atoms with Gasteiger partial charge in [-0.2, -0.15) is 4.98 Å². The Morgan fingerprint density at radius 1 is 1.11 bits per heavy atom. The van der Waals surface area contributed by atoms with E-state index < -0.39 is 0 Å². The van der Waals surface area contributed by atoms with Crippen LogP contribution in [0.2, 0.25) is 0 Å². The van der Waals surface area contributed by atoms with Crippen molar-refractivity contribution < 1.29 is 13.7 Å². The van der Waals surface area contributed by atoms with Gasteiger partial charge in [0.25, 0.3) is 5.91 Å². The second-order valence-corrected chi connectivity index (χ2v) is 7.34. The molecule has 5 nitrogen and oxygen atoms in total. The van der Waals surface area contributed by atoms with Gasteiger partial charge in [-0.25, -0.2) is 4.39 Å². The van der Waals surface area contributed by atoms with E-state index in [1.165, 1.54) is 12.5 Å². The number of nitrogens with zero attached hydrogens (tertiary/aromatic N) is 3. The van der Waals surface area contributed by atoms with Crippen LogP contribution >= 0.6 is 0 Å². The summed E-state index contributed by atoms with van der Waals surface area (Å²) in [4.78, 5) is 19.0. The normalized spacial score (nSPS) is 17.4. The molecule has 0 N–H and O–H groups in total. The van der Waals surface area contributed by atoms with Crippen LogP contribution < -0.4 is 4.90 Å². The van der Waals surface area contributed by atoms with E-state index in [4.69, 9.17) is 4.52 Å². The van der Waals surface area contributed by atoms with Crippen molar-refractivity contribution in [1.82, 2.24) is 10.1 Å². The first-order valence-electron chi connectivity index (χ1n) is 9.16. The van der Waals surface area contributed by atoms with Crippen molar-refractivity contribution in [3.05, 3.63) is 65.8 Å². The number of anilines is 1. The summed E-state index contributed by atoms with van der Waals surface area (Å²) in [5.74, 6) is 0.176. The molecule has 1 aromatic heterocycles. The van der Waals surface area contributed by atoms with E-state index in [-0.39, 0.29) is 17.1 Å². The number of hydrogen-bond donors (Lipinski definition) is 0. The van der Waals surface area contributed by atoms with Crippen molar-refractivity contribution in [2.24, 2.45) is 0 Å². The zero-order valence-corrected chi connectivity index (χ0v) is 14.7. The second kappa shape index (κ2) is 6.01. The lowest BCUT2D eigenvalue weighted by atomic mass is 9.80. The average Bonchev–Trinajstić information content (AvgIpc) is 3.44. The Kier molecular flexibility index (Phi) is 3.60. The van der Waals surface area contributed by atoms with Crippen molar-refractivity contribution in [1.29, 1.82) is 0 Å². The van der Waals surface area contributed by atoms with Crippen LogP contribution in [0.25, 0.3) is 11.4 Å². The summed E-state index contributed by atoms with van der Waals surface area (Å²) in [5.41, 5.74) is 2.54. The van der Waals surface area contributed by atoms with Gasteiger partial charge in [-0.15, -0.1) is 0 Å². The van der Waals surface area contributed by atoms with Gasteiger partial charge in [0.1, 0.15) is 5.82 Å². The first-order chi connectivity index (χ1) is 13.2. The van der Waals surface area contributed by atoms with Crippen LogP contribution in [0.4, 0.5) is 10.1 Å². The van der Waals surface area contributed by atoms with Gasteiger partial charge >= 0.3 is 0 Å². The quantitative estimate of drug-likeness (QED) is 0.679. The smallest absolute Gasteiger partial charge is 0.258 e. The molecule has 2 aliphatic rings. The Morgan fingerprint density at radius 2 is 1.89 bits per heavy atom. The number of halogens is 1. The highest BCUT2D eigenvalue weighted by molar-refractivity contribution is 6.08. The van der Waals surface area contributed by atoms with E-state index in [0.29, 0.717) is 23.6 Å². The van der Waals surface area contributed by atoms with Crippen LogP contribution in [-0.4, -0.2) is 22.6 Å². The zero-order valence-electron chi connectivity index (χ0n) is 14.7. The lowest BCUT2D eigenvalue weighted by molar-refractivity contribution is 0.0985. The third-order valence-electron chi connectivity index (χ3n) is 5.83. The van der Waals surface area contributed by atoms with Gasteiger partial charge in [0.15, 0.2) is 0 Å². The molecule has 0 bridgehead atoms. The summed E-state index contributed by atoms with van der Waals surface area (Å²) in [6.07, 6.45) is 5.29. The Balaban J connectivity index is 1.50. The molecule has 27 heavy (non-hydrogen) atoms. The van der Waals surface area contributed by atoms with Gasteiger partial charge in [-0.3, -0.25) is 4.79 Å². The lowest BCUT2D eigenvalue weighted by Crippen LogP contribution is -2.35. The van der Waals surface area contributed by atoms with Gasteiger partial charge < -0.3 is 9.42 Å². The summed E-state index contributed by atoms with van der Waals surface area (Å²) in [5, 5.41) is 3.80. The van der Waals surface area contributed by atoms with Gasteiger partial charge in [0.2, 0.25) is 12.2 Å². The summed E-state index contributed by atoms with van der Waals surface area (Å²) in [6.45, 7) is 0.550. The fourth-order valence-corrected chi connectivity index (χ4v) is 4.59. The minimum atomic E-state index is -0.235. The molecule has 1 spiro atoms.